The molecule has 0 fully saturated rings. The number of hydrogen-bond acceptors (Lipinski definition) is 1. The van der Waals surface area contributed by atoms with Gasteiger partial charge >= 0.3 is 0 Å². The van der Waals surface area contributed by atoms with Crippen LogP contribution in [0.4, 0.5) is 0 Å². The molecule has 2 aromatic carbocycles. The Kier molecular flexibility index (Phi) is 2.92. The molecule has 2 heteroatoms. The monoisotopic (exact) mass is 249 g/mol. The van der Waals surface area contributed by atoms with Crippen LogP contribution in [0, 0.1) is 6.92 Å². The van der Waals surface area contributed by atoms with E-state index in [9.17, 15) is 4.79 Å². The number of aryl methyl sites for hydroxylation is 1. The second kappa shape index (κ2) is 4.73. The summed E-state index contributed by atoms with van der Waals surface area (Å²) in [4.78, 5) is 10.8. The highest BCUT2D eigenvalue weighted by Gasteiger charge is 2.02. The van der Waals surface area contributed by atoms with E-state index in [1.165, 1.54) is 11.1 Å². The quantitative estimate of drug-likeness (QED) is 0.647. The Balaban J connectivity index is 1.97. The summed E-state index contributed by atoms with van der Waals surface area (Å²) in [6.45, 7) is 2.94. The summed E-state index contributed by atoms with van der Waals surface area (Å²) in [5.41, 5.74) is 4.44. The van der Waals surface area contributed by atoms with Gasteiger partial charge < -0.3 is 4.57 Å². The summed E-state index contributed by atoms with van der Waals surface area (Å²) in [7, 11) is 0. The number of aldehydes is 1. The fourth-order valence-electron chi connectivity index (χ4n) is 2.32. The van der Waals surface area contributed by atoms with Crippen LogP contribution in [0.3, 0.4) is 0 Å². The Hall–Kier alpha value is -2.35. The first-order chi connectivity index (χ1) is 9.26. The highest BCUT2D eigenvalue weighted by molar-refractivity contribution is 5.87. The van der Waals surface area contributed by atoms with Gasteiger partial charge in [-0.3, -0.25) is 4.79 Å². The zero-order valence-electron chi connectivity index (χ0n) is 10.8. The standard InChI is InChI=1S/C17H15NO/c1-13-2-4-14(5-3-13)11-18-9-8-16-10-15(12-19)6-7-17(16)18/h2-10,12H,11H2,1H3. The third-order valence-electron chi connectivity index (χ3n) is 3.40. The molecule has 2 nitrogen and oxygen atoms in total. The zero-order chi connectivity index (χ0) is 13.2. The van der Waals surface area contributed by atoms with Gasteiger partial charge in [-0.15, -0.1) is 0 Å². The van der Waals surface area contributed by atoms with Crippen molar-refractivity contribution in [3.8, 4) is 0 Å². The van der Waals surface area contributed by atoms with Gasteiger partial charge in [0.2, 0.25) is 0 Å². The Morgan fingerprint density at radius 3 is 2.58 bits per heavy atom. The van der Waals surface area contributed by atoms with Crippen LogP contribution in [-0.2, 0) is 6.54 Å². The first kappa shape index (κ1) is 11.7. The minimum atomic E-state index is 0.723. The van der Waals surface area contributed by atoms with E-state index in [0.717, 1.165) is 29.3 Å². The third-order valence-corrected chi connectivity index (χ3v) is 3.40. The first-order valence-corrected chi connectivity index (χ1v) is 6.36. The molecule has 0 unspecified atom stereocenters. The van der Waals surface area contributed by atoms with Crippen molar-refractivity contribution in [3.05, 3.63) is 71.4 Å². The molecule has 0 saturated carbocycles. The van der Waals surface area contributed by atoms with Crippen molar-refractivity contribution in [3.63, 3.8) is 0 Å². The van der Waals surface area contributed by atoms with Gasteiger partial charge in [0.05, 0.1) is 0 Å². The van der Waals surface area contributed by atoms with Gasteiger partial charge in [0, 0.05) is 29.2 Å². The van der Waals surface area contributed by atoms with E-state index < -0.39 is 0 Å². The number of hydrogen-bond donors (Lipinski definition) is 0. The van der Waals surface area contributed by atoms with Crippen molar-refractivity contribution in [2.75, 3.05) is 0 Å². The summed E-state index contributed by atoms with van der Waals surface area (Å²) >= 11 is 0. The van der Waals surface area contributed by atoms with Crippen molar-refractivity contribution >= 4 is 17.2 Å². The Bertz CT molecular complexity index is 723. The van der Waals surface area contributed by atoms with E-state index in [-0.39, 0.29) is 0 Å². The molecule has 0 aliphatic heterocycles. The molecule has 0 saturated heterocycles. The molecular weight excluding hydrogens is 234 g/mol. The molecule has 94 valence electrons. The Morgan fingerprint density at radius 2 is 1.84 bits per heavy atom. The summed E-state index contributed by atoms with van der Waals surface area (Å²) in [6.07, 6.45) is 2.95. The number of benzene rings is 2. The molecule has 1 aromatic heterocycles. The molecule has 3 rings (SSSR count). The lowest BCUT2D eigenvalue weighted by molar-refractivity contribution is 0.112. The largest absolute Gasteiger partial charge is 0.343 e. The number of rotatable bonds is 3. The SMILES string of the molecule is Cc1ccc(Cn2ccc3cc(C=O)ccc32)cc1. The average molecular weight is 249 g/mol. The lowest BCUT2D eigenvalue weighted by Crippen LogP contribution is -1.97. The molecular formula is C17H15NO. The van der Waals surface area contributed by atoms with Crippen molar-refractivity contribution in [2.45, 2.75) is 13.5 Å². The average Bonchev–Trinajstić information content (AvgIpc) is 2.83. The molecule has 0 amide bonds. The van der Waals surface area contributed by atoms with E-state index in [0.29, 0.717) is 0 Å². The van der Waals surface area contributed by atoms with Gasteiger partial charge in [0.1, 0.15) is 6.29 Å². The van der Waals surface area contributed by atoms with Crippen LogP contribution in [0.25, 0.3) is 10.9 Å². The summed E-state index contributed by atoms with van der Waals surface area (Å²) < 4.78 is 2.20. The van der Waals surface area contributed by atoms with Gasteiger partial charge in [-0.25, -0.2) is 0 Å². The lowest BCUT2D eigenvalue weighted by atomic mass is 10.1. The minimum absolute atomic E-state index is 0.723. The maximum Gasteiger partial charge on any atom is 0.150 e. The number of carbonyl (C=O) groups is 1. The topological polar surface area (TPSA) is 22.0 Å². The van der Waals surface area contributed by atoms with E-state index in [2.05, 4.69) is 48.0 Å². The van der Waals surface area contributed by atoms with Crippen LogP contribution < -0.4 is 0 Å². The Morgan fingerprint density at radius 1 is 1.05 bits per heavy atom. The summed E-state index contributed by atoms with van der Waals surface area (Å²) in [5, 5.41) is 1.11. The zero-order valence-corrected chi connectivity index (χ0v) is 10.8. The van der Waals surface area contributed by atoms with Crippen LogP contribution in [0.5, 0.6) is 0 Å². The second-order valence-corrected chi connectivity index (χ2v) is 4.87. The van der Waals surface area contributed by atoms with Crippen LogP contribution in [0.15, 0.2) is 54.7 Å². The van der Waals surface area contributed by atoms with E-state index in [1.807, 2.05) is 18.2 Å². The van der Waals surface area contributed by atoms with Gasteiger partial charge in [-0.05, 0) is 36.8 Å². The lowest BCUT2D eigenvalue weighted by Gasteiger charge is -2.06. The van der Waals surface area contributed by atoms with Crippen LogP contribution >= 0.6 is 0 Å². The highest BCUT2D eigenvalue weighted by atomic mass is 16.1. The van der Waals surface area contributed by atoms with Gasteiger partial charge in [-0.2, -0.15) is 0 Å². The summed E-state index contributed by atoms with van der Waals surface area (Å²) in [6, 6.07) is 16.4. The smallest absolute Gasteiger partial charge is 0.150 e. The Labute approximate surface area is 112 Å². The fraction of sp³-hybridized carbons (Fsp3) is 0.118. The number of fused-ring (bicyclic) bond motifs is 1. The van der Waals surface area contributed by atoms with Crippen LogP contribution in [0.1, 0.15) is 21.5 Å². The fourth-order valence-corrected chi connectivity index (χ4v) is 2.32. The molecule has 0 bridgehead atoms. The molecule has 0 atom stereocenters. The van der Waals surface area contributed by atoms with E-state index in [1.54, 1.807) is 0 Å². The molecule has 0 radical (unpaired) electrons. The summed E-state index contributed by atoms with van der Waals surface area (Å²) in [5.74, 6) is 0. The van der Waals surface area contributed by atoms with Gasteiger partial charge in [-0.1, -0.05) is 29.8 Å². The third kappa shape index (κ3) is 2.29. The number of nitrogens with zero attached hydrogens (tertiary/aromatic N) is 1. The molecule has 1 heterocycles. The maximum atomic E-state index is 10.8. The molecule has 19 heavy (non-hydrogen) atoms. The number of carbonyl (C=O) groups excluding carboxylic acids is 1. The molecule has 0 aliphatic carbocycles. The van der Waals surface area contributed by atoms with Crippen molar-refractivity contribution < 1.29 is 4.79 Å². The molecule has 3 aromatic rings. The highest BCUT2D eigenvalue weighted by Crippen LogP contribution is 2.18. The van der Waals surface area contributed by atoms with Crippen molar-refractivity contribution in [2.24, 2.45) is 0 Å². The van der Waals surface area contributed by atoms with E-state index in [4.69, 9.17) is 0 Å². The molecule has 0 aliphatic rings. The van der Waals surface area contributed by atoms with Gasteiger partial charge in [0.15, 0.2) is 0 Å². The van der Waals surface area contributed by atoms with Crippen LogP contribution in [0.2, 0.25) is 0 Å². The van der Waals surface area contributed by atoms with Crippen molar-refractivity contribution in [1.82, 2.24) is 4.57 Å². The maximum absolute atomic E-state index is 10.8. The van der Waals surface area contributed by atoms with E-state index >= 15 is 0 Å². The first-order valence-electron chi connectivity index (χ1n) is 6.36. The van der Waals surface area contributed by atoms with Crippen LogP contribution in [-0.4, -0.2) is 10.9 Å². The van der Waals surface area contributed by atoms with Crippen molar-refractivity contribution in [1.29, 1.82) is 0 Å². The van der Waals surface area contributed by atoms with Gasteiger partial charge in [0.25, 0.3) is 0 Å². The predicted octanol–water partition coefficient (Wildman–Crippen LogP) is 3.81. The minimum Gasteiger partial charge on any atom is -0.343 e. The molecule has 0 spiro atoms. The second-order valence-electron chi connectivity index (χ2n) is 4.87. The predicted molar refractivity (Wildman–Crippen MR) is 77.6 cm³/mol. The normalized spacial score (nSPS) is 10.8. The molecule has 0 N–H and O–H groups in total. The number of aromatic nitrogens is 1.